The van der Waals surface area contributed by atoms with E-state index < -0.39 is 0 Å². The summed E-state index contributed by atoms with van der Waals surface area (Å²) in [6.45, 7) is 4.41. The first-order valence-electron chi connectivity index (χ1n) is 7.77. The molecule has 3 rings (SSSR count). The molecule has 1 fully saturated rings. The summed E-state index contributed by atoms with van der Waals surface area (Å²) < 4.78 is 0. The molecule has 0 saturated carbocycles. The Hall–Kier alpha value is -2.14. The summed E-state index contributed by atoms with van der Waals surface area (Å²) in [5.74, 6) is 0.160. The van der Waals surface area contributed by atoms with Gasteiger partial charge in [-0.2, -0.15) is 0 Å². The molecule has 0 bridgehead atoms. The maximum absolute atomic E-state index is 12.4. The second-order valence-electron chi connectivity index (χ2n) is 5.92. The van der Waals surface area contributed by atoms with Gasteiger partial charge in [0, 0.05) is 17.4 Å². The van der Waals surface area contributed by atoms with Gasteiger partial charge in [0.05, 0.1) is 0 Å². The minimum Gasteiger partial charge on any atom is -0.352 e. The lowest BCUT2D eigenvalue weighted by molar-refractivity contribution is 0.0943. The summed E-state index contributed by atoms with van der Waals surface area (Å²) in [5, 5.41) is 7.15. The fourth-order valence-corrected chi connectivity index (χ4v) is 3.11. The number of pyridine rings is 1. The fourth-order valence-electron chi connectivity index (χ4n) is 3.11. The number of piperidine rings is 1. The monoisotopic (exact) mass is 299 g/mol. The zero-order chi connectivity index (χ0) is 15.5. The Morgan fingerprint density at radius 3 is 2.95 bits per heavy atom. The zero-order valence-electron chi connectivity index (χ0n) is 12.7. The van der Waals surface area contributed by atoms with Crippen LogP contribution in [0.5, 0.6) is 0 Å². The van der Waals surface area contributed by atoms with Crippen molar-refractivity contribution >= 4 is 16.8 Å². The van der Waals surface area contributed by atoms with Crippen molar-refractivity contribution in [2.75, 3.05) is 19.6 Å². The van der Waals surface area contributed by atoms with Gasteiger partial charge in [-0.3, -0.25) is 9.59 Å². The van der Waals surface area contributed by atoms with E-state index in [1.165, 1.54) is 0 Å². The highest BCUT2D eigenvalue weighted by Crippen LogP contribution is 2.17. The van der Waals surface area contributed by atoms with E-state index in [1.807, 2.05) is 31.2 Å². The topological polar surface area (TPSA) is 74.0 Å². The molecule has 5 nitrogen and oxygen atoms in total. The summed E-state index contributed by atoms with van der Waals surface area (Å²) in [6.07, 6.45) is 2.25. The van der Waals surface area contributed by atoms with Crippen LogP contribution in [-0.4, -0.2) is 30.5 Å². The molecule has 3 N–H and O–H groups in total. The second kappa shape index (κ2) is 6.32. The molecule has 1 aliphatic rings. The van der Waals surface area contributed by atoms with Crippen molar-refractivity contribution in [3.05, 3.63) is 45.7 Å². The lowest BCUT2D eigenvalue weighted by Crippen LogP contribution is -2.39. The van der Waals surface area contributed by atoms with Crippen LogP contribution in [0.15, 0.2) is 29.1 Å². The van der Waals surface area contributed by atoms with E-state index in [4.69, 9.17) is 0 Å². The standard InChI is InChI=1S/C17H21N3O2/c1-11-13-6-2-3-7-14(13)20-17(22)15(11)16(21)19-10-12-5-4-8-18-9-12/h2-3,6-7,12,18H,4-5,8-10H2,1H3,(H,19,21)(H,20,22). The van der Waals surface area contributed by atoms with Gasteiger partial charge in [0.1, 0.15) is 5.56 Å². The number of benzene rings is 1. The number of hydrogen-bond acceptors (Lipinski definition) is 3. The van der Waals surface area contributed by atoms with Gasteiger partial charge >= 0.3 is 0 Å². The molecule has 116 valence electrons. The van der Waals surface area contributed by atoms with Crippen molar-refractivity contribution < 1.29 is 4.79 Å². The Balaban J connectivity index is 1.82. The minimum absolute atomic E-state index is 0.225. The first-order valence-corrected chi connectivity index (χ1v) is 7.77. The number of fused-ring (bicyclic) bond motifs is 1. The van der Waals surface area contributed by atoms with E-state index in [9.17, 15) is 9.59 Å². The number of aromatic nitrogens is 1. The Bertz CT molecular complexity index is 745. The van der Waals surface area contributed by atoms with Gasteiger partial charge in [-0.1, -0.05) is 18.2 Å². The molecule has 0 spiro atoms. The number of nitrogens with one attached hydrogen (secondary N) is 3. The SMILES string of the molecule is Cc1c(C(=O)NCC2CCCNC2)c(=O)[nH]c2ccccc12. The lowest BCUT2D eigenvalue weighted by atomic mass is 9.99. The summed E-state index contributed by atoms with van der Waals surface area (Å²) >= 11 is 0. The molecular weight excluding hydrogens is 278 g/mol. The zero-order valence-corrected chi connectivity index (χ0v) is 12.7. The van der Waals surface area contributed by atoms with Gasteiger partial charge < -0.3 is 15.6 Å². The van der Waals surface area contributed by atoms with Crippen molar-refractivity contribution in [1.29, 1.82) is 0 Å². The average molecular weight is 299 g/mol. The predicted molar refractivity (Wildman–Crippen MR) is 87.2 cm³/mol. The van der Waals surface area contributed by atoms with Crippen molar-refractivity contribution in [2.24, 2.45) is 5.92 Å². The third-order valence-electron chi connectivity index (χ3n) is 4.36. The van der Waals surface area contributed by atoms with Crippen LogP contribution >= 0.6 is 0 Å². The summed E-state index contributed by atoms with van der Waals surface area (Å²) in [6, 6.07) is 7.54. The number of rotatable bonds is 3. The Labute approximate surface area is 129 Å². The highest BCUT2D eigenvalue weighted by atomic mass is 16.2. The van der Waals surface area contributed by atoms with E-state index in [1.54, 1.807) is 0 Å². The molecule has 1 aliphatic heterocycles. The third kappa shape index (κ3) is 2.90. The highest BCUT2D eigenvalue weighted by molar-refractivity contribution is 5.99. The van der Waals surface area contributed by atoms with Gasteiger partial charge in [0.15, 0.2) is 0 Å². The molecule has 0 aliphatic carbocycles. The van der Waals surface area contributed by atoms with Crippen molar-refractivity contribution in [3.63, 3.8) is 0 Å². The van der Waals surface area contributed by atoms with E-state index in [-0.39, 0.29) is 17.0 Å². The van der Waals surface area contributed by atoms with Crippen molar-refractivity contribution in [3.8, 4) is 0 Å². The quantitative estimate of drug-likeness (QED) is 0.805. The largest absolute Gasteiger partial charge is 0.352 e. The molecule has 1 unspecified atom stereocenters. The normalized spacial score (nSPS) is 18.3. The van der Waals surface area contributed by atoms with Crippen LogP contribution in [0, 0.1) is 12.8 Å². The summed E-state index contributed by atoms with van der Waals surface area (Å²) in [4.78, 5) is 27.4. The third-order valence-corrected chi connectivity index (χ3v) is 4.36. The van der Waals surface area contributed by atoms with Crippen molar-refractivity contribution in [2.45, 2.75) is 19.8 Å². The van der Waals surface area contributed by atoms with Crippen LogP contribution in [0.1, 0.15) is 28.8 Å². The Morgan fingerprint density at radius 1 is 1.36 bits per heavy atom. The number of aryl methyl sites for hydroxylation is 1. The van der Waals surface area contributed by atoms with Crippen molar-refractivity contribution in [1.82, 2.24) is 15.6 Å². The molecule has 1 saturated heterocycles. The van der Waals surface area contributed by atoms with E-state index >= 15 is 0 Å². The summed E-state index contributed by atoms with van der Waals surface area (Å²) in [7, 11) is 0. The number of amides is 1. The fraction of sp³-hybridized carbons (Fsp3) is 0.412. The molecule has 1 aromatic heterocycles. The number of hydrogen-bond donors (Lipinski definition) is 3. The number of carbonyl (C=O) groups excluding carboxylic acids is 1. The van der Waals surface area contributed by atoms with Crippen LogP contribution < -0.4 is 16.2 Å². The van der Waals surface area contributed by atoms with Gasteiger partial charge in [-0.05, 0) is 50.4 Å². The van der Waals surface area contributed by atoms with Gasteiger partial charge in [0.2, 0.25) is 0 Å². The minimum atomic E-state index is -0.324. The molecule has 1 amide bonds. The van der Waals surface area contributed by atoms with Crippen LogP contribution in [0.4, 0.5) is 0 Å². The predicted octanol–water partition coefficient (Wildman–Crippen LogP) is 1.57. The van der Waals surface area contributed by atoms with Crippen LogP contribution in [0.3, 0.4) is 0 Å². The molecule has 2 aromatic rings. The van der Waals surface area contributed by atoms with Gasteiger partial charge in [0.25, 0.3) is 11.5 Å². The maximum atomic E-state index is 12.4. The molecule has 5 heteroatoms. The van der Waals surface area contributed by atoms with Gasteiger partial charge in [-0.15, -0.1) is 0 Å². The van der Waals surface area contributed by atoms with Crippen LogP contribution in [0.25, 0.3) is 10.9 Å². The Morgan fingerprint density at radius 2 is 2.18 bits per heavy atom. The Kier molecular flexibility index (Phi) is 4.24. The number of para-hydroxylation sites is 1. The molecule has 0 radical (unpaired) electrons. The molecular formula is C17H21N3O2. The average Bonchev–Trinajstić information content (AvgIpc) is 2.54. The number of carbonyl (C=O) groups is 1. The van der Waals surface area contributed by atoms with E-state index in [0.29, 0.717) is 12.5 Å². The second-order valence-corrected chi connectivity index (χ2v) is 5.92. The van der Waals surface area contributed by atoms with Crippen LogP contribution in [0.2, 0.25) is 0 Å². The first-order chi connectivity index (χ1) is 10.7. The van der Waals surface area contributed by atoms with E-state index in [2.05, 4.69) is 15.6 Å². The smallest absolute Gasteiger partial charge is 0.261 e. The molecule has 1 aromatic carbocycles. The molecule has 1 atom stereocenters. The molecule has 2 heterocycles. The summed E-state index contributed by atoms with van der Waals surface area (Å²) in [5.41, 5.74) is 1.40. The maximum Gasteiger partial charge on any atom is 0.261 e. The number of aromatic amines is 1. The highest BCUT2D eigenvalue weighted by Gasteiger charge is 2.19. The number of H-pyrrole nitrogens is 1. The molecule has 22 heavy (non-hydrogen) atoms. The first kappa shape index (κ1) is 14.8. The van der Waals surface area contributed by atoms with E-state index in [0.717, 1.165) is 42.4 Å². The lowest BCUT2D eigenvalue weighted by Gasteiger charge is -2.23. The van der Waals surface area contributed by atoms with Crippen LogP contribution in [-0.2, 0) is 0 Å². The van der Waals surface area contributed by atoms with Gasteiger partial charge in [-0.25, -0.2) is 0 Å².